The van der Waals surface area contributed by atoms with Crippen LogP contribution in [-0.2, 0) is 6.42 Å². The van der Waals surface area contributed by atoms with Crippen molar-refractivity contribution >= 4 is 15.9 Å². The van der Waals surface area contributed by atoms with E-state index in [2.05, 4.69) is 15.9 Å². The Balaban J connectivity index is 2.23. The van der Waals surface area contributed by atoms with Crippen LogP contribution in [0.3, 0.4) is 0 Å². The maximum absolute atomic E-state index is 13.9. The molecule has 0 saturated carbocycles. The van der Waals surface area contributed by atoms with Crippen LogP contribution in [0.2, 0.25) is 0 Å². The Morgan fingerprint density at radius 2 is 1.75 bits per heavy atom. The van der Waals surface area contributed by atoms with Crippen LogP contribution in [0.1, 0.15) is 17.2 Å². The van der Waals surface area contributed by atoms with Gasteiger partial charge in [0.2, 0.25) is 0 Å². The second kappa shape index (κ2) is 6.43. The Morgan fingerprint density at radius 3 is 2.40 bits per heavy atom. The Kier molecular flexibility index (Phi) is 4.86. The van der Waals surface area contributed by atoms with Gasteiger partial charge in [-0.15, -0.1) is 0 Å². The van der Waals surface area contributed by atoms with E-state index < -0.39 is 23.8 Å². The Bertz CT molecular complexity index is 592. The molecule has 0 saturated heterocycles. The fourth-order valence-electron chi connectivity index (χ4n) is 2.02. The van der Waals surface area contributed by atoms with Crippen LogP contribution >= 0.6 is 15.9 Å². The molecular weight excluding hydrogens is 328 g/mol. The highest BCUT2D eigenvalue weighted by atomic mass is 79.9. The smallest absolute Gasteiger partial charge is 0.145 e. The number of aliphatic hydroxyl groups is 1. The van der Waals surface area contributed by atoms with E-state index in [9.17, 15) is 13.9 Å². The third-order valence-corrected chi connectivity index (χ3v) is 3.73. The van der Waals surface area contributed by atoms with Crippen LogP contribution in [0, 0.1) is 11.6 Å². The maximum Gasteiger partial charge on any atom is 0.145 e. The van der Waals surface area contributed by atoms with Crippen molar-refractivity contribution in [2.75, 3.05) is 0 Å². The van der Waals surface area contributed by atoms with Gasteiger partial charge in [0.1, 0.15) is 11.6 Å². The standard InChI is InChI=1S/C15H14BrF2NO/c16-10-6-7-11(17)13(14(10)18)15(19)12(20)8-9-4-2-1-3-5-9/h1-7,12,15,20H,8,19H2/t12-,15-/m1/s1. The first-order valence-corrected chi connectivity index (χ1v) is 6.91. The summed E-state index contributed by atoms with van der Waals surface area (Å²) in [6, 6.07) is 10.4. The SMILES string of the molecule is N[C@@H](c1c(F)ccc(Br)c1F)[C@H](O)Cc1ccccc1. The van der Waals surface area contributed by atoms with Crippen molar-refractivity contribution in [3.05, 3.63) is 69.7 Å². The molecule has 0 aliphatic heterocycles. The lowest BCUT2D eigenvalue weighted by atomic mass is 9.96. The fourth-order valence-corrected chi connectivity index (χ4v) is 2.37. The largest absolute Gasteiger partial charge is 0.391 e. The summed E-state index contributed by atoms with van der Waals surface area (Å²) in [4.78, 5) is 0. The highest BCUT2D eigenvalue weighted by Gasteiger charge is 2.25. The molecule has 0 fully saturated rings. The average molecular weight is 342 g/mol. The first-order valence-electron chi connectivity index (χ1n) is 6.11. The molecule has 20 heavy (non-hydrogen) atoms. The number of hydrogen-bond acceptors (Lipinski definition) is 2. The number of aliphatic hydroxyl groups excluding tert-OH is 1. The third-order valence-electron chi connectivity index (χ3n) is 3.11. The molecule has 5 heteroatoms. The molecule has 0 aliphatic carbocycles. The van der Waals surface area contributed by atoms with Crippen LogP contribution in [0.15, 0.2) is 46.9 Å². The zero-order valence-corrected chi connectivity index (χ0v) is 12.1. The Hall–Kier alpha value is -1.30. The topological polar surface area (TPSA) is 46.2 Å². The quantitative estimate of drug-likeness (QED) is 0.838. The van der Waals surface area contributed by atoms with Gasteiger partial charge < -0.3 is 10.8 Å². The van der Waals surface area contributed by atoms with E-state index in [0.717, 1.165) is 11.6 Å². The first kappa shape index (κ1) is 15.1. The molecule has 0 aromatic heterocycles. The highest BCUT2D eigenvalue weighted by molar-refractivity contribution is 9.10. The van der Waals surface area contributed by atoms with Crippen molar-refractivity contribution in [3.8, 4) is 0 Å². The molecule has 2 aromatic carbocycles. The Labute approximate surface area is 124 Å². The lowest BCUT2D eigenvalue weighted by molar-refractivity contribution is 0.141. The highest BCUT2D eigenvalue weighted by Crippen LogP contribution is 2.28. The molecule has 0 bridgehead atoms. The van der Waals surface area contributed by atoms with Gasteiger partial charge in [-0.3, -0.25) is 0 Å². The van der Waals surface area contributed by atoms with E-state index in [1.165, 1.54) is 6.07 Å². The van der Waals surface area contributed by atoms with Crippen molar-refractivity contribution in [2.24, 2.45) is 5.73 Å². The monoisotopic (exact) mass is 341 g/mol. The van der Waals surface area contributed by atoms with Gasteiger partial charge >= 0.3 is 0 Å². The summed E-state index contributed by atoms with van der Waals surface area (Å²) in [5.41, 5.74) is 6.36. The van der Waals surface area contributed by atoms with E-state index in [-0.39, 0.29) is 16.5 Å². The predicted octanol–water partition coefficient (Wildman–Crippen LogP) is 3.33. The van der Waals surface area contributed by atoms with Crippen LogP contribution in [0.25, 0.3) is 0 Å². The summed E-state index contributed by atoms with van der Waals surface area (Å²) in [7, 11) is 0. The summed E-state index contributed by atoms with van der Waals surface area (Å²) in [5.74, 6) is -1.53. The molecule has 0 aliphatic rings. The number of rotatable bonds is 4. The van der Waals surface area contributed by atoms with Crippen LogP contribution in [-0.4, -0.2) is 11.2 Å². The van der Waals surface area contributed by atoms with Gasteiger partial charge in [0, 0.05) is 12.0 Å². The molecule has 2 atom stereocenters. The van der Waals surface area contributed by atoms with Gasteiger partial charge in [0.25, 0.3) is 0 Å². The minimum Gasteiger partial charge on any atom is -0.391 e. The lowest BCUT2D eigenvalue weighted by Crippen LogP contribution is -2.30. The fraction of sp³-hybridized carbons (Fsp3) is 0.200. The van der Waals surface area contributed by atoms with Crippen molar-refractivity contribution < 1.29 is 13.9 Å². The minimum absolute atomic E-state index is 0.122. The van der Waals surface area contributed by atoms with Gasteiger partial charge in [-0.1, -0.05) is 30.3 Å². The second-order valence-corrected chi connectivity index (χ2v) is 5.39. The number of nitrogens with two attached hydrogens (primary N) is 1. The van der Waals surface area contributed by atoms with E-state index in [1.807, 2.05) is 30.3 Å². The maximum atomic E-state index is 13.9. The lowest BCUT2D eigenvalue weighted by Gasteiger charge is -2.20. The number of hydrogen-bond donors (Lipinski definition) is 2. The summed E-state index contributed by atoms with van der Waals surface area (Å²) < 4.78 is 27.8. The second-order valence-electron chi connectivity index (χ2n) is 4.54. The van der Waals surface area contributed by atoms with Crippen LogP contribution in [0.5, 0.6) is 0 Å². The average Bonchev–Trinajstić information content (AvgIpc) is 2.44. The molecule has 0 radical (unpaired) electrons. The van der Waals surface area contributed by atoms with Gasteiger partial charge in [-0.2, -0.15) is 0 Å². The minimum atomic E-state index is -1.13. The molecule has 0 heterocycles. The normalized spacial score (nSPS) is 14.1. The molecule has 0 spiro atoms. The van der Waals surface area contributed by atoms with Crippen molar-refractivity contribution in [1.82, 2.24) is 0 Å². The molecule has 106 valence electrons. The van der Waals surface area contributed by atoms with Crippen LogP contribution < -0.4 is 5.73 Å². The van der Waals surface area contributed by atoms with Crippen LogP contribution in [0.4, 0.5) is 8.78 Å². The van der Waals surface area contributed by atoms with Crippen molar-refractivity contribution in [3.63, 3.8) is 0 Å². The number of halogens is 3. The molecule has 0 unspecified atom stereocenters. The van der Waals surface area contributed by atoms with Crippen molar-refractivity contribution in [1.29, 1.82) is 0 Å². The molecule has 2 aromatic rings. The molecular formula is C15H14BrF2NO. The zero-order valence-electron chi connectivity index (χ0n) is 10.6. The molecule has 3 N–H and O–H groups in total. The van der Waals surface area contributed by atoms with Gasteiger partial charge in [-0.25, -0.2) is 8.78 Å². The van der Waals surface area contributed by atoms with Gasteiger partial charge in [-0.05, 0) is 33.6 Å². The van der Waals surface area contributed by atoms with Gasteiger partial charge in [0.05, 0.1) is 16.6 Å². The van der Waals surface area contributed by atoms with E-state index >= 15 is 0 Å². The van der Waals surface area contributed by atoms with Crippen molar-refractivity contribution in [2.45, 2.75) is 18.6 Å². The summed E-state index contributed by atoms with van der Waals surface area (Å²) >= 11 is 2.99. The first-order chi connectivity index (χ1) is 9.50. The third kappa shape index (κ3) is 3.23. The van der Waals surface area contributed by atoms with E-state index in [1.54, 1.807) is 0 Å². The van der Waals surface area contributed by atoms with Gasteiger partial charge in [0.15, 0.2) is 0 Å². The van der Waals surface area contributed by atoms with E-state index in [4.69, 9.17) is 5.73 Å². The summed E-state index contributed by atoms with van der Waals surface area (Å²) in [6.07, 6.45) is -0.844. The predicted molar refractivity (Wildman–Crippen MR) is 77.1 cm³/mol. The van der Waals surface area contributed by atoms with E-state index in [0.29, 0.717) is 0 Å². The molecule has 0 amide bonds. The summed E-state index contributed by atoms with van der Waals surface area (Å²) in [6.45, 7) is 0. The molecule has 2 nitrogen and oxygen atoms in total. The Morgan fingerprint density at radius 1 is 1.10 bits per heavy atom. The number of benzene rings is 2. The molecule has 2 rings (SSSR count). The zero-order chi connectivity index (χ0) is 14.7. The summed E-state index contributed by atoms with van der Waals surface area (Å²) in [5, 5.41) is 10.1.